The van der Waals surface area contributed by atoms with Crippen LogP contribution in [0.1, 0.15) is 23.4 Å². The lowest BCUT2D eigenvalue weighted by Crippen LogP contribution is -2.08. The first-order valence-corrected chi connectivity index (χ1v) is 7.59. The summed E-state index contributed by atoms with van der Waals surface area (Å²) in [7, 11) is 0. The van der Waals surface area contributed by atoms with E-state index in [1.165, 1.54) is 5.75 Å². The van der Waals surface area contributed by atoms with Crippen molar-refractivity contribution in [1.82, 2.24) is 14.6 Å². The molecule has 0 saturated heterocycles. The van der Waals surface area contributed by atoms with Gasteiger partial charge in [0.15, 0.2) is 5.65 Å². The van der Waals surface area contributed by atoms with Crippen molar-refractivity contribution < 1.29 is 0 Å². The molecule has 2 rings (SSSR count). The van der Waals surface area contributed by atoms with Crippen molar-refractivity contribution in [3.8, 4) is 0 Å². The minimum atomic E-state index is 0.958. The van der Waals surface area contributed by atoms with E-state index in [9.17, 15) is 0 Å². The quantitative estimate of drug-likeness (QED) is 0.843. The van der Waals surface area contributed by atoms with Crippen LogP contribution >= 0.6 is 11.8 Å². The van der Waals surface area contributed by atoms with Crippen LogP contribution in [0.3, 0.4) is 0 Å². The number of rotatable bonds is 5. The Morgan fingerprint density at radius 1 is 1.33 bits per heavy atom. The van der Waals surface area contributed by atoms with Crippen molar-refractivity contribution >= 4 is 23.2 Å². The third kappa shape index (κ3) is 2.61. The molecule has 2 aromatic heterocycles. The van der Waals surface area contributed by atoms with Crippen LogP contribution in [0.5, 0.6) is 0 Å². The van der Waals surface area contributed by atoms with Crippen molar-refractivity contribution in [1.29, 1.82) is 0 Å². The predicted octanol–water partition coefficient (Wildman–Crippen LogP) is 2.82. The molecule has 0 bridgehead atoms. The van der Waals surface area contributed by atoms with Crippen LogP contribution in [0.15, 0.2) is 6.07 Å². The zero-order valence-electron chi connectivity index (χ0n) is 11.4. The van der Waals surface area contributed by atoms with Crippen molar-refractivity contribution in [2.24, 2.45) is 0 Å². The van der Waals surface area contributed by atoms with E-state index < -0.39 is 0 Å². The highest BCUT2D eigenvalue weighted by atomic mass is 32.2. The van der Waals surface area contributed by atoms with E-state index in [2.05, 4.69) is 34.6 Å². The Balaban J connectivity index is 2.28. The van der Waals surface area contributed by atoms with Crippen molar-refractivity contribution in [2.75, 3.05) is 23.9 Å². The van der Waals surface area contributed by atoms with E-state index in [0.717, 1.165) is 41.4 Å². The van der Waals surface area contributed by atoms with Gasteiger partial charge in [0.2, 0.25) is 0 Å². The molecule has 0 spiro atoms. The second kappa shape index (κ2) is 5.61. The molecule has 0 aliphatic rings. The summed E-state index contributed by atoms with van der Waals surface area (Å²) < 4.78 is 1.91. The highest BCUT2D eigenvalue weighted by Gasteiger charge is 2.10. The van der Waals surface area contributed by atoms with Gasteiger partial charge in [-0.05, 0) is 39.2 Å². The molecule has 18 heavy (non-hydrogen) atoms. The average molecular weight is 264 g/mol. The number of fused-ring (bicyclic) bond motifs is 1. The van der Waals surface area contributed by atoms with Gasteiger partial charge in [0.25, 0.3) is 0 Å². The van der Waals surface area contributed by atoms with E-state index in [1.54, 1.807) is 0 Å². The fourth-order valence-electron chi connectivity index (χ4n) is 1.91. The molecule has 2 aromatic rings. The van der Waals surface area contributed by atoms with Crippen LogP contribution in [0.2, 0.25) is 0 Å². The Labute approximate surface area is 112 Å². The molecule has 0 fully saturated rings. The Morgan fingerprint density at radius 3 is 2.83 bits per heavy atom. The molecule has 0 atom stereocenters. The molecule has 0 radical (unpaired) electrons. The van der Waals surface area contributed by atoms with Gasteiger partial charge in [0.05, 0.1) is 5.69 Å². The van der Waals surface area contributed by atoms with Gasteiger partial charge in [-0.2, -0.15) is 21.4 Å². The lowest BCUT2D eigenvalue weighted by Gasteiger charge is -2.09. The van der Waals surface area contributed by atoms with E-state index in [1.807, 2.05) is 30.1 Å². The Bertz CT molecular complexity index is 547. The van der Waals surface area contributed by atoms with Gasteiger partial charge < -0.3 is 5.32 Å². The Morgan fingerprint density at radius 2 is 2.11 bits per heavy atom. The van der Waals surface area contributed by atoms with Gasteiger partial charge in [-0.25, -0.2) is 4.98 Å². The highest BCUT2D eigenvalue weighted by molar-refractivity contribution is 7.98. The monoisotopic (exact) mass is 264 g/mol. The SMILES string of the molecule is CSCCCNc1cc(C)nc2c(C)c(C)nn12. The minimum Gasteiger partial charge on any atom is -0.370 e. The molecule has 5 heteroatoms. The number of nitrogens with zero attached hydrogens (tertiary/aromatic N) is 3. The maximum Gasteiger partial charge on any atom is 0.160 e. The molecule has 98 valence electrons. The molecule has 0 unspecified atom stereocenters. The summed E-state index contributed by atoms with van der Waals surface area (Å²) in [5.74, 6) is 2.21. The van der Waals surface area contributed by atoms with Crippen LogP contribution in [-0.2, 0) is 0 Å². The summed E-state index contributed by atoms with van der Waals surface area (Å²) >= 11 is 1.88. The molecular formula is C13H20N4S. The van der Waals surface area contributed by atoms with E-state index in [-0.39, 0.29) is 0 Å². The number of hydrogen-bond donors (Lipinski definition) is 1. The van der Waals surface area contributed by atoms with Gasteiger partial charge in [-0.3, -0.25) is 0 Å². The smallest absolute Gasteiger partial charge is 0.160 e. The second-order valence-corrected chi connectivity index (χ2v) is 5.49. The predicted molar refractivity (Wildman–Crippen MR) is 78.7 cm³/mol. The number of thioether (sulfide) groups is 1. The number of aryl methyl sites for hydroxylation is 3. The average Bonchev–Trinajstić information content (AvgIpc) is 2.62. The maximum absolute atomic E-state index is 4.56. The van der Waals surface area contributed by atoms with Crippen LogP contribution in [0.4, 0.5) is 5.82 Å². The second-order valence-electron chi connectivity index (χ2n) is 4.50. The van der Waals surface area contributed by atoms with Gasteiger partial charge in [-0.15, -0.1) is 0 Å². The summed E-state index contributed by atoms with van der Waals surface area (Å²) in [6.07, 6.45) is 3.29. The third-order valence-corrected chi connectivity index (χ3v) is 3.71. The molecule has 0 aliphatic carbocycles. The van der Waals surface area contributed by atoms with Crippen LogP contribution in [-0.4, -0.2) is 33.2 Å². The number of nitrogens with one attached hydrogen (secondary N) is 1. The first kappa shape index (κ1) is 13.2. The first-order chi connectivity index (χ1) is 8.63. The fourth-order valence-corrected chi connectivity index (χ4v) is 2.34. The molecule has 0 saturated carbocycles. The van der Waals surface area contributed by atoms with Gasteiger partial charge in [0.1, 0.15) is 5.82 Å². The zero-order chi connectivity index (χ0) is 13.1. The van der Waals surface area contributed by atoms with Crippen LogP contribution in [0.25, 0.3) is 5.65 Å². The maximum atomic E-state index is 4.56. The lowest BCUT2D eigenvalue weighted by molar-refractivity contribution is 0.887. The van der Waals surface area contributed by atoms with Crippen LogP contribution in [0, 0.1) is 20.8 Å². The topological polar surface area (TPSA) is 42.2 Å². The summed E-state index contributed by atoms with van der Waals surface area (Å²) in [4.78, 5) is 4.56. The molecule has 2 heterocycles. The van der Waals surface area contributed by atoms with E-state index in [4.69, 9.17) is 0 Å². The normalized spacial score (nSPS) is 11.1. The molecule has 0 aliphatic heterocycles. The number of anilines is 1. The van der Waals surface area contributed by atoms with Crippen molar-refractivity contribution in [2.45, 2.75) is 27.2 Å². The summed E-state index contributed by atoms with van der Waals surface area (Å²) in [6, 6.07) is 2.05. The van der Waals surface area contributed by atoms with E-state index in [0.29, 0.717) is 0 Å². The lowest BCUT2D eigenvalue weighted by atomic mass is 10.3. The Kier molecular flexibility index (Phi) is 4.11. The van der Waals surface area contributed by atoms with Crippen molar-refractivity contribution in [3.63, 3.8) is 0 Å². The standard InChI is InChI=1S/C13H20N4S/c1-9-8-12(14-6-5-7-18-4)17-13(15-9)10(2)11(3)16-17/h8,14H,5-7H2,1-4H3. The largest absolute Gasteiger partial charge is 0.370 e. The third-order valence-electron chi connectivity index (χ3n) is 3.02. The van der Waals surface area contributed by atoms with E-state index >= 15 is 0 Å². The van der Waals surface area contributed by atoms with Gasteiger partial charge >= 0.3 is 0 Å². The summed E-state index contributed by atoms with van der Waals surface area (Å²) in [5.41, 5.74) is 4.18. The fraction of sp³-hybridized carbons (Fsp3) is 0.538. The first-order valence-electron chi connectivity index (χ1n) is 6.20. The van der Waals surface area contributed by atoms with Gasteiger partial charge in [0, 0.05) is 23.9 Å². The molecule has 4 nitrogen and oxygen atoms in total. The van der Waals surface area contributed by atoms with Crippen molar-refractivity contribution in [3.05, 3.63) is 23.0 Å². The number of aromatic nitrogens is 3. The minimum absolute atomic E-state index is 0.958. The zero-order valence-corrected chi connectivity index (χ0v) is 12.3. The molecule has 1 N–H and O–H groups in total. The summed E-state index contributed by atoms with van der Waals surface area (Å²) in [6.45, 7) is 7.09. The summed E-state index contributed by atoms with van der Waals surface area (Å²) in [5, 5.41) is 7.99. The molecule has 0 amide bonds. The Hall–Kier alpha value is -1.23. The van der Waals surface area contributed by atoms with Crippen LogP contribution < -0.4 is 5.32 Å². The van der Waals surface area contributed by atoms with Gasteiger partial charge in [-0.1, -0.05) is 0 Å². The molecule has 0 aromatic carbocycles. The molecular weight excluding hydrogens is 244 g/mol. The number of hydrogen-bond acceptors (Lipinski definition) is 4. The highest BCUT2D eigenvalue weighted by Crippen LogP contribution is 2.18.